The molecule has 0 fully saturated rings. The fourth-order valence-corrected chi connectivity index (χ4v) is 1.21. The Bertz CT molecular complexity index is 336. The molecule has 0 unspecified atom stereocenters. The Morgan fingerprint density at radius 1 is 1.14 bits per heavy atom. The molecule has 0 bridgehead atoms. The number of anilines is 3. The summed E-state index contributed by atoms with van der Waals surface area (Å²) in [5, 5.41) is 8.80. The fourth-order valence-electron chi connectivity index (χ4n) is 1.21. The van der Waals surface area contributed by atoms with Crippen molar-refractivity contribution in [2.24, 2.45) is 0 Å². The highest BCUT2D eigenvalue weighted by Gasteiger charge is 2.02. The van der Waals surface area contributed by atoms with E-state index in [-0.39, 0.29) is 5.91 Å². The summed E-state index contributed by atoms with van der Waals surface area (Å²) >= 11 is 0. The predicted molar refractivity (Wildman–Crippen MR) is 59.8 cm³/mol. The van der Waals surface area contributed by atoms with E-state index in [9.17, 15) is 4.79 Å². The number of carbonyl (C=O) groups is 1. The van der Waals surface area contributed by atoms with Gasteiger partial charge in [0.2, 0.25) is 5.91 Å². The number of hydrogen-bond donors (Lipinski definition) is 3. The topological polar surface area (TPSA) is 53.2 Å². The molecule has 4 heteroatoms. The lowest BCUT2D eigenvalue weighted by Gasteiger charge is -2.11. The maximum absolute atomic E-state index is 10.9. The van der Waals surface area contributed by atoms with Gasteiger partial charge in [-0.1, -0.05) is 0 Å². The summed E-state index contributed by atoms with van der Waals surface area (Å²) in [6, 6.07) is 5.70. The average Bonchev–Trinajstić information content (AvgIpc) is 2.17. The van der Waals surface area contributed by atoms with Gasteiger partial charge in [-0.05, 0) is 18.2 Å². The van der Waals surface area contributed by atoms with Gasteiger partial charge in [0.25, 0.3) is 0 Å². The molecule has 3 N–H and O–H groups in total. The predicted octanol–water partition coefficient (Wildman–Crippen LogP) is 1.73. The zero-order valence-corrected chi connectivity index (χ0v) is 8.64. The van der Waals surface area contributed by atoms with Crippen molar-refractivity contribution in [2.75, 3.05) is 30.0 Å². The van der Waals surface area contributed by atoms with E-state index in [0.29, 0.717) is 0 Å². The highest BCUT2D eigenvalue weighted by Crippen LogP contribution is 2.24. The van der Waals surface area contributed by atoms with Crippen LogP contribution in [0.15, 0.2) is 18.2 Å². The maximum atomic E-state index is 10.9. The summed E-state index contributed by atoms with van der Waals surface area (Å²) in [5.41, 5.74) is 2.69. The third-order valence-corrected chi connectivity index (χ3v) is 1.89. The van der Waals surface area contributed by atoms with Gasteiger partial charge < -0.3 is 16.0 Å². The summed E-state index contributed by atoms with van der Waals surface area (Å²) in [5.74, 6) is -0.0706. The Morgan fingerprint density at radius 2 is 1.86 bits per heavy atom. The number of amides is 1. The maximum Gasteiger partial charge on any atom is 0.221 e. The van der Waals surface area contributed by atoms with E-state index in [4.69, 9.17) is 0 Å². The quantitative estimate of drug-likeness (QED) is 0.685. The minimum atomic E-state index is -0.0706. The highest BCUT2D eigenvalue weighted by atomic mass is 16.1. The van der Waals surface area contributed by atoms with Crippen LogP contribution in [0.2, 0.25) is 0 Å². The Balaban J connectivity index is 2.98. The Morgan fingerprint density at radius 3 is 2.36 bits per heavy atom. The van der Waals surface area contributed by atoms with Crippen LogP contribution in [0.4, 0.5) is 17.1 Å². The molecular formula is C10H15N3O. The molecular weight excluding hydrogens is 178 g/mol. The van der Waals surface area contributed by atoms with Crippen LogP contribution in [0.25, 0.3) is 0 Å². The molecule has 0 saturated carbocycles. The third kappa shape index (κ3) is 2.39. The summed E-state index contributed by atoms with van der Waals surface area (Å²) in [6.07, 6.45) is 0. The van der Waals surface area contributed by atoms with Gasteiger partial charge in [0.05, 0.1) is 11.4 Å². The van der Waals surface area contributed by atoms with Crippen molar-refractivity contribution in [1.82, 2.24) is 0 Å². The second kappa shape index (κ2) is 4.50. The van der Waals surface area contributed by atoms with Crippen LogP contribution in [-0.4, -0.2) is 20.0 Å². The second-order valence-electron chi connectivity index (χ2n) is 2.94. The van der Waals surface area contributed by atoms with E-state index in [2.05, 4.69) is 16.0 Å². The van der Waals surface area contributed by atoms with Gasteiger partial charge in [-0.3, -0.25) is 4.79 Å². The lowest BCUT2D eigenvalue weighted by Crippen LogP contribution is -2.08. The molecule has 0 radical (unpaired) electrons. The number of carbonyl (C=O) groups excluding carboxylic acids is 1. The smallest absolute Gasteiger partial charge is 0.221 e. The first-order chi connectivity index (χ1) is 6.67. The zero-order valence-electron chi connectivity index (χ0n) is 8.64. The lowest BCUT2D eigenvalue weighted by molar-refractivity contribution is -0.114. The van der Waals surface area contributed by atoms with Gasteiger partial charge in [0, 0.05) is 26.7 Å². The van der Waals surface area contributed by atoms with Crippen molar-refractivity contribution in [3.63, 3.8) is 0 Å². The van der Waals surface area contributed by atoms with Crippen LogP contribution < -0.4 is 16.0 Å². The Kier molecular flexibility index (Phi) is 3.34. The van der Waals surface area contributed by atoms with Gasteiger partial charge in [0.1, 0.15) is 0 Å². The largest absolute Gasteiger partial charge is 0.388 e. The van der Waals surface area contributed by atoms with Gasteiger partial charge in [0.15, 0.2) is 0 Å². The van der Waals surface area contributed by atoms with Crippen molar-refractivity contribution in [3.8, 4) is 0 Å². The van der Waals surface area contributed by atoms with E-state index >= 15 is 0 Å². The van der Waals surface area contributed by atoms with Crippen LogP contribution in [0.1, 0.15) is 6.92 Å². The van der Waals surface area contributed by atoms with E-state index in [1.165, 1.54) is 6.92 Å². The summed E-state index contributed by atoms with van der Waals surface area (Å²) in [6.45, 7) is 1.49. The number of rotatable bonds is 3. The van der Waals surface area contributed by atoms with Crippen LogP contribution in [-0.2, 0) is 4.79 Å². The molecule has 0 aliphatic rings. The summed E-state index contributed by atoms with van der Waals surface area (Å²) in [4.78, 5) is 10.9. The van der Waals surface area contributed by atoms with E-state index in [1.807, 2.05) is 32.3 Å². The normalized spacial score (nSPS) is 9.36. The SMILES string of the molecule is CNc1ccc(NC(C)=O)c(NC)c1. The molecule has 0 atom stereocenters. The van der Waals surface area contributed by atoms with Gasteiger partial charge in [-0.25, -0.2) is 0 Å². The van der Waals surface area contributed by atoms with E-state index in [1.54, 1.807) is 0 Å². The van der Waals surface area contributed by atoms with Crippen molar-refractivity contribution >= 4 is 23.0 Å². The molecule has 1 amide bonds. The van der Waals surface area contributed by atoms with E-state index in [0.717, 1.165) is 17.1 Å². The monoisotopic (exact) mass is 193 g/mol. The fraction of sp³-hybridized carbons (Fsp3) is 0.300. The number of benzene rings is 1. The van der Waals surface area contributed by atoms with Gasteiger partial charge in [-0.2, -0.15) is 0 Å². The molecule has 0 aliphatic carbocycles. The zero-order chi connectivity index (χ0) is 10.6. The van der Waals surface area contributed by atoms with Crippen molar-refractivity contribution in [2.45, 2.75) is 6.92 Å². The van der Waals surface area contributed by atoms with Crippen molar-refractivity contribution in [3.05, 3.63) is 18.2 Å². The Labute approximate surface area is 83.7 Å². The van der Waals surface area contributed by atoms with Crippen LogP contribution in [0.3, 0.4) is 0 Å². The molecule has 76 valence electrons. The van der Waals surface area contributed by atoms with E-state index < -0.39 is 0 Å². The molecule has 4 nitrogen and oxygen atoms in total. The molecule has 0 saturated heterocycles. The number of hydrogen-bond acceptors (Lipinski definition) is 3. The van der Waals surface area contributed by atoms with Crippen LogP contribution in [0.5, 0.6) is 0 Å². The first-order valence-electron chi connectivity index (χ1n) is 4.44. The summed E-state index contributed by atoms with van der Waals surface area (Å²) in [7, 11) is 3.67. The molecule has 1 aromatic rings. The Hall–Kier alpha value is -1.71. The first kappa shape index (κ1) is 10.4. The molecule has 0 aliphatic heterocycles. The lowest BCUT2D eigenvalue weighted by atomic mass is 10.2. The van der Waals surface area contributed by atoms with Gasteiger partial charge in [-0.15, -0.1) is 0 Å². The standard InChI is InChI=1S/C10H15N3O/c1-7(14)13-9-5-4-8(11-2)6-10(9)12-3/h4-6,11-12H,1-3H3,(H,13,14). The number of nitrogens with one attached hydrogen (secondary N) is 3. The van der Waals surface area contributed by atoms with Crippen molar-refractivity contribution < 1.29 is 4.79 Å². The molecule has 1 aromatic carbocycles. The third-order valence-electron chi connectivity index (χ3n) is 1.89. The van der Waals surface area contributed by atoms with Crippen LogP contribution >= 0.6 is 0 Å². The molecule has 14 heavy (non-hydrogen) atoms. The molecule has 0 spiro atoms. The molecule has 0 heterocycles. The minimum absolute atomic E-state index is 0.0706. The van der Waals surface area contributed by atoms with Crippen molar-refractivity contribution in [1.29, 1.82) is 0 Å². The second-order valence-corrected chi connectivity index (χ2v) is 2.94. The van der Waals surface area contributed by atoms with Gasteiger partial charge >= 0.3 is 0 Å². The first-order valence-corrected chi connectivity index (χ1v) is 4.44. The minimum Gasteiger partial charge on any atom is -0.388 e. The highest BCUT2D eigenvalue weighted by molar-refractivity contribution is 5.93. The average molecular weight is 193 g/mol. The van der Waals surface area contributed by atoms with Crippen LogP contribution in [0, 0.1) is 0 Å². The summed E-state index contributed by atoms with van der Waals surface area (Å²) < 4.78 is 0. The molecule has 0 aromatic heterocycles. The molecule has 1 rings (SSSR count).